The number of aryl methyl sites for hydroxylation is 6. The zero-order valence-electron chi connectivity index (χ0n) is 71.9. The Bertz CT molecular complexity index is 5470. The summed E-state index contributed by atoms with van der Waals surface area (Å²) in [5.41, 5.74) is 6.93. The summed E-state index contributed by atoms with van der Waals surface area (Å²) in [6, 6.07) is 16.0. The number of pyridine rings is 10. The van der Waals surface area contributed by atoms with Crippen LogP contribution in [0.2, 0.25) is 0 Å². The number of hydrogen-bond donors (Lipinski definition) is 20. The van der Waals surface area contributed by atoms with Gasteiger partial charge in [-0.05, 0) is 250 Å². The maximum atomic E-state index is 11.6. The predicted molar refractivity (Wildman–Crippen MR) is 460 cm³/mol. The molecule has 10 heterocycles. The minimum Gasteiger partial charge on any atom is -0.503 e. The third kappa shape index (κ3) is 39.1. The second kappa shape index (κ2) is 51.3. The quantitative estimate of drug-likeness (QED) is 0.0658. The van der Waals surface area contributed by atoms with Gasteiger partial charge in [-0.2, -0.15) is 0 Å². The Morgan fingerprint density at radius 3 is 1.10 bits per heavy atom. The molecule has 20 N–H and O–H groups in total. The second-order valence-electron chi connectivity index (χ2n) is 29.4. The van der Waals surface area contributed by atoms with Crippen molar-refractivity contribution in [1.82, 2.24) is 89.0 Å². The zero-order valence-corrected chi connectivity index (χ0v) is 71.9. The highest BCUT2D eigenvalue weighted by atomic mass is 16.3. The molecule has 654 valence electrons. The minimum atomic E-state index is -0.451. The third-order valence-corrected chi connectivity index (χ3v) is 15.6. The molecule has 0 aromatic carbocycles. The molecule has 0 radical (unpaired) electrons. The van der Waals surface area contributed by atoms with Crippen LogP contribution in [0, 0.1) is 48.5 Å². The smallest absolute Gasteiger partial charge is 0.290 e. The molecule has 0 aliphatic rings. The van der Waals surface area contributed by atoms with Crippen molar-refractivity contribution in [3.8, 4) is 57.5 Å². The van der Waals surface area contributed by atoms with Gasteiger partial charge in [0.05, 0.1) is 0 Å². The highest BCUT2D eigenvalue weighted by molar-refractivity contribution is 5.40. The van der Waals surface area contributed by atoms with Gasteiger partial charge in [-0.3, -0.25) is 47.9 Å². The summed E-state index contributed by atoms with van der Waals surface area (Å²) in [7, 11) is 30.5. The van der Waals surface area contributed by atoms with E-state index in [0.717, 1.165) is 45.2 Å². The number of aromatic hydroxyl groups is 10. The standard InChI is InChI=1S/C12H21N3O2.C11H19N3O2.3C9H14N2O2.C8H12N2O2.3C6H7NO2.C5H5NO2/c1-8-9(6-14(2)3)11(16)12(17)13-10(8)7-15(4)5;1-13(2)6-8-5-9(7-14(3)4)12-11(16)10(8)15;1-6-4-10-9(13)8(12)7(6)5-11(2)3;1-6-4-7(5-11(2)3)8(12)9(13)10-6;1-6-4-7(5-11(2)3)10-9(13)8(6)12;1-10(2)5-6-3-4-9-8(12)7(6)11;1-4-2-5(8)6(9)7-3-4;1-4-2-3-7-6(9)5(4)8;1-4-2-3-5(8)6(9)7-4;7-4-2-1-3-6-5(4)8/h16H,6-7H2,1-5H3,(H,13,17);5,15H,6-7H2,1-4H3,(H,12,16);3*4,12H,5H2,1-3H3,(H,10,13);3-4,11H,5H2,1-2H3,(H,9,12);3*2-3,8H,1H3,(H,7,9);1-3,7H,(H,6,8). The summed E-state index contributed by atoms with van der Waals surface area (Å²) in [6.45, 7) is 17.3. The predicted octanol–water partition coefficient (Wildman–Crippen LogP) is 3.46. The summed E-state index contributed by atoms with van der Waals surface area (Å²) < 4.78 is 0. The van der Waals surface area contributed by atoms with Crippen molar-refractivity contribution in [2.24, 2.45) is 0 Å². The summed E-state index contributed by atoms with van der Waals surface area (Å²) in [6.07, 6.45) is 7.64. The van der Waals surface area contributed by atoms with Crippen LogP contribution in [0.25, 0.3) is 0 Å². The van der Waals surface area contributed by atoms with E-state index in [1.165, 1.54) is 36.8 Å². The number of nitrogens with zero attached hydrogens (tertiary/aromatic N) is 8. The Balaban J connectivity index is 0.000000666. The molecule has 38 heteroatoms. The van der Waals surface area contributed by atoms with Gasteiger partial charge in [0.1, 0.15) is 0 Å². The minimum absolute atomic E-state index is 0.168. The van der Waals surface area contributed by atoms with Crippen LogP contribution >= 0.6 is 0 Å². The first kappa shape index (κ1) is 104. The van der Waals surface area contributed by atoms with Crippen LogP contribution in [0.15, 0.2) is 140 Å². The van der Waals surface area contributed by atoms with Crippen molar-refractivity contribution in [2.45, 2.75) is 101 Å². The lowest BCUT2D eigenvalue weighted by molar-refractivity contribution is 0.374. The molecule has 0 saturated heterocycles. The van der Waals surface area contributed by atoms with E-state index >= 15 is 0 Å². The fourth-order valence-corrected chi connectivity index (χ4v) is 9.98. The highest BCUT2D eigenvalue weighted by Gasteiger charge is 2.17. The van der Waals surface area contributed by atoms with Gasteiger partial charge in [0.25, 0.3) is 55.6 Å². The average molecular weight is 1670 g/mol. The maximum Gasteiger partial charge on any atom is 0.290 e. The normalized spacial score (nSPS) is 10.5. The summed E-state index contributed by atoms with van der Waals surface area (Å²) in [5, 5.41) is 91.7. The Morgan fingerprint density at radius 1 is 0.269 bits per heavy atom. The third-order valence-electron chi connectivity index (χ3n) is 15.6. The average Bonchev–Trinajstić information content (AvgIpc) is 0.820. The topological polar surface area (TPSA) is 557 Å². The van der Waals surface area contributed by atoms with Gasteiger partial charge in [0.15, 0.2) is 57.5 Å². The van der Waals surface area contributed by atoms with Crippen LogP contribution in [-0.2, 0) is 52.4 Å². The van der Waals surface area contributed by atoms with Crippen molar-refractivity contribution in [3.63, 3.8) is 0 Å². The molecule has 119 heavy (non-hydrogen) atoms. The van der Waals surface area contributed by atoms with Crippen LogP contribution in [0.4, 0.5) is 0 Å². The Kier molecular flexibility index (Phi) is 44.9. The van der Waals surface area contributed by atoms with Crippen LogP contribution in [0.5, 0.6) is 57.5 Å². The van der Waals surface area contributed by atoms with Gasteiger partial charge in [-0.1, -0.05) is 0 Å². The summed E-state index contributed by atoms with van der Waals surface area (Å²) in [4.78, 5) is 149. The zero-order chi connectivity index (χ0) is 91.2. The van der Waals surface area contributed by atoms with E-state index in [9.17, 15) is 78.6 Å². The van der Waals surface area contributed by atoms with Crippen molar-refractivity contribution in [3.05, 3.63) is 279 Å². The van der Waals surface area contributed by atoms with E-state index in [2.05, 4.69) is 49.8 Å². The largest absolute Gasteiger partial charge is 0.503 e. The molecular formula is C81H120N18O20. The van der Waals surface area contributed by atoms with Crippen molar-refractivity contribution >= 4 is 0 Å². The van der Waals surface area contributed by atoms with Gasteiger partial charge in [0, 0.05) is 140 Å². The molecule has 0 amide bonds. The number of aromatic nitrogens is 10. The highest BCUT2D eigenvalue weighted by Crippen LogP contribution is 2.22. The molecular weight excluding hydrogens is 1540 g/mol. The van der Waals surface area contributed by atoms with E-state index in [1.807, 2.05) is 172 Å². The Labute approximate surface area is 687 Å². The van der Waals surface area contributed by atoms with Gasteiger partial charge in [-0.25, -0.2) is 0 Å². The molecule has 0 unspecified atom stereocenters. The second-order valence-corrected chi connectivity index (χ2v) is 29.4. The van der Waals surface area contributed by atoms with Gasteiger partial charge in [-0.15, -0.1) is 0 Å². The van der Waals surface area contributed by atoms with E-state index in [0.29, 0.717) is 91.3 Å². The van der Waals surface area contributed by atoms with Crippen LogP contribution < -0.4 is 55.6 Å². The van der Waals surface area contributed by atoms with Gasteiger partial charge < -0.3 is 140 Å². The first-order valence-corrected chi connectivity index (χ1v) is 36.5. The molecule has 0 aliphatic carbocycles. The van der Waals surface area contributed by atoms with E-state index in [1.54, 1.807) is 83.4 Å². The Morgan fingerprint density at radius 2 is 0.655 bits per heavy atom. The first-order valence-electron chi connectivity index (χ1n) is 36.5. The monoisotopic (exact) mass is 1660 g/mol. The number of hydrogen-bond acceptors (Lipinski definition) is 28. The van der Waals surface area contributed by atoms with Crippen molar-refractivity contribution in [2.75, 3.05) is 113 Å². The summed E-state index contributed by atoms with van der Waals surface area (Å²) >= 11 is 0. The maximum absolute atomic E-state index is 11.6. The number of aromatic amines is 10. The van der Waals surface area contributed by atoms with Crippen molar-refractivity contribution < 1.29 is 51.1 Å². The lowest BCUT2D eigenvalue weighted by Crippen LogP contribution is -2.22. The fraction of sp³-hybridized carbons (Fsp3) is 0.383. The molecule has 0 fully saturated rings. The molecule has 0 aliphatic heterocycles. The Hall–Kier alpha value is -12.8. The van der Waals surface area contributed by atoms with E-state index in [4.69, 9.17) is 20.4 Å². The molecule has 38 nitrogen and oxygen atoms in total. The van der Waals surface area contributed by atoms with Gasteiger partial charge in [0.2, 0.25) is 0 Å². The molecule has 0 spiro atoms. The fourth-order valence-electron chi connectivity index (χ4n) is 9.98. The molecule has 0 saturated carbocycles. The van der Waals surface area contributed by atoms with E-state index < -0.39 is 55.6 Å². The molecule has 0 bridgehead atoms. The van der Waals surface area contributed by atoms with Gasteiger partial charge >= 0.3 is 0 Å². The van der Waals surface area contributed by atoms with E-state index in [-0.39, 0.29) is 57.5 Å². The number of rotatable bonds is 16. The number of H-pyrrole nitrogens is 10. The lowest BCUT2D eigenvalue weighted by Gasteiger charge is -2.18. The molecule has 10 aromatic heterocycles. The SMILES string of the molecule is CN(C)Cc1cc(CN(C)C)c(O)c(=O)[nH]1.CN(C)Cc1cc[nH]c(=O)c1O.Cc1c(CN(C)C)[nH]c(=O)c(O)c1CN(C)C.Cc1c[nH]c(=O)c(O)c1.Cc1c[nH]c(=O)c(O)c1CN(C)C.Cc1cc(CN(C)C)[nH]c(=O)c1O.Cc1cc(CN(C)C)c(O)c(=O)[nH]1.Cc1cc[nH]c(=O)c1O.Cc1ccc(O)c(=O)[nH]1.O=c1[nH]cccc1O. The van der Waals surface area contributed by atoms with Crippen molar-refractivity contribution in [1.29, 1.82) is 0 Å². The first-order chi connectivity index (χ1) is 55.3. The lowest BCUT2D eigenvalue weighted by atomic mass is 10.1. The summed E-state index contributed by atoms with van der Waals surface area (Å²) in [5.74, 6) is -1.99. The van der Waals surface area contributed by atoms with Crippen LogP contribution in [0.1, 0.15) is 84.1 Å². The number of nitrogens with one attached hydrogen (secondary N) is 10. The molecule has 10 rings (SSSR count). The molecule has 10 aromatic rings. The molecule has 0 atom stereocenters. The van der Waals surface area contributed by atoms with Crippen LogP contribution in [-0.4, -0.2) is 253 Å². The van der Waals surface area contributed by atoms with Crippen LogP contribution in [0.3, 0.4) is 0 Å².